The van der Waals surface area contributed by atoms with E-state index in [4.69, 9.17) is 4.74 Å². The Morgan fingerprint density at radius 1 is 1.00 bits per heavy atom. The summed E-state index contributed by atoms with van der Waals surface area (Å²) in [5, 5.41) is 9.45. The van der Waals surface area contributed by atoms with Crippen molar-refractivity contribution < 1.29 is 14.2 Å². The molecule has 0 unspecified atom stereocenters. The summed E-state index contributed by atoms with van der Waals surface area (Å²) in [5.74, 6) is 0.102. The maximum absolute atomic E-state index is 14.2. The van der Waals surface area contributed by atoms with E-state index in [1.54, 1.807) is 24.3 Å². The van der Waals surface area contributed by atoms with Crippen LogP contribution in [-0.2, 0) is 0 Å². The lowest BCUT2D eigenvalue weighted by molar-refractivity contribution is 0.290. The smallest absolute Gasteiger partial charge is 0.165 e. The zero-order valence-electron chi connectivity index (χ0n) is 14.0. The van der Waals surface area contributed by atoms with Gasteiger partial charge in [0.2, 0.25) is 0 Å². The summed E-state index contributed by atoms with van der Waals surface area (Å²) in [6, 6.07) is 9.90. The van der Waals surface area contributed by atoms with Gasteiger partial charge in [0.05, 0.1) is 6.61 Å². The fourth-order valence-corrected chi connectivity index (χ4v) is 3.18. The van der Waals surface area contributed by atoms with Gasteiger partial charge in [-0.2, -0.15) is 0 Å². The van der Waals surface area contributed by atoms with Gasteiger partial charge in [-0.15, -0.1) is 0 Å². The minimum absolute atomic E-state index is 0.171. The normalized spacial score (nSPS) is 10.8. The molecule has 1 N–H and O–H groups in total. The van der Waals surface area contributed by atoms with Gasteiger partial charge in [-0.05, 0) is 47.9 Å². The molecule has 0 aliphatic carbocycles. The summed E-state index contributed by atoms with van der Waals surface area (Å²) in [5.41, 5.74) is 1.57. The molecule has 0 saturated heterocycles. The van der Waals surface area contributed by atoms with Crippen molar-refractivity contribution in [1.29, 1.82) is 0 Å². The monoisotopic (exact) mass is 394 g/mol. The number of phenols is 1. The first kappa shape index (κ1) is 18.8. The van der Waals surface area contributed by atoms with E-state index < -0.39 is 0 Å². The molecule has 0 bridgehead atoms. The largest absolute Gasteiger partial charge is 0.508 e. The van der Waals surface area contributed by atoms with E-state index in [0.717, 1.165) is 28.4 Å². The minimum Gasteiger partial charge on any atom is -0.508 e. The van der Waals surface area contributed by atoms with Crippen molar-refractivity contribution in [3.63, 3.8) is 0 Å². The average Bonchev–Trinajstić information content (AvgIpc) is 2.55. The summed E-state index contributed by atoms with van der Waals surface area (Å²) in [6.45, 7) is 2.75. The third kappa shape index (κ3) is 5.52. The van der Waals surface area contributed by atoms with E-state index >= 15 is 0 Å². The molecule has 0 radical (unpaired) electrons. The Morgan fingerprint density at radius 3 is 2.46 bits per heavy atom. The van der Waals surface area contributed by atoms with Crippen molar-refractivity contribution in [2.24, 2.45) is 0 Å². The summed E-state index contributed by atoms with van der Waals surface area (Å²) in [4.78, 5) is 0. The molecule has 24 heavy (non-hydrogen) atoms. The highest BCUT2D eigenvalue weighted by atomic mass is 79.9. The quantitative estimate of drug-likeness (QED) is 0.479. The van der Waals surface area contributed by atoms with E-state index in [0.29, 0.717) is 12.4 Å². The van der Waals surface area contributed by atoms with Crippen LogP contribution in [0.3, 0.4) is 0 Å². The number of halogens is 2. The molecular formula is C20H24BrFO2. The van der Waals surface area contributed by atoms with Crippen LogP contribution >= 0.6 is 15.9 Å². The molecule has 130 valence electrons. The van der Waals surface area contributed by atoms with Crippen LogP contribution in [0.25, 0.3) is 11.1 Å². The first-order valence-electron chi connectivity index (χ1n) is 8.53. The number of phenolic OH excluding ortho intramolecular Hbond substituents is 1. The minimum atomic E-state index is -0.363. The fourth-order valence-electron chi connectivity index (χ4n) is 2.59. The highest BCUT2D eigenvalue weighted by Crippen LogP contribution is 2.33. The second-order valence-corrected chi connectivity index (χ2v) is 6.78. The van der Waals surface area contributed by atoms with E-state index in [9.17, 15) is 9.50 Å². The molecule has 0 spiro atoms. The Hall–Kier alpha value is -1.55. The number of unbranched alkanes of at least 4 members (excludes halogenated alkanes) is 5. The second kappa shape index (κ2) is 9.67. The highest BCUT2D eigenvalue weighted by Gasteiger charge is 2.09. The number of hydrogen-bond donors (Lipinski definition) is 1. The maximum atomic E-state index is 14.2. The summed E-state index contributed by atoms with van der Waals surface area (Å²) in [7, 11) is 0. The fraction of sp³-hybridized carbons (Fsp3) is 0.400. The van der Waals surface area contributed by atoms with Crippen molar-refractivity contribution in [1.82, 2.24) is 0 Å². The highest BCUT2D eigenvalue weighted by molar-refractivity contribution is 9.10. The average molecular weight is 395 g/mol. The number of rotatable bonds is 9. The number of ether oxygens (including phenoxy) is 1. The van der Waals surface area contributed by atoms with Gasteiger partial charge >= 0.3 is 0 Å². The van der Waals surface area contributed by atoms with Gasteiger partial charge in [-0.25, -0.2) is 4.39 Å². The first-order valence-corrected chi connectivity index (χ1v) is 9.32. The van der Waals surface area contributed by atoms with Gasteiger partial charge in [0.15, 0.2) is 11.6 Å². The van der Waals surface area contributed by atoms with E-state index in [-0.39, 0.29) is 11.6 Å². The van der Waals surface area contributed by atoms with Crippen LogP contribution in [0.2, 0.25) is 0 Å². The Morgan fingerprint density at radius 2 is 1.75 bits per heavy atom. The molecule has 0 aliphatic heterocycles. The van der Waals surface area contributed by atoms with Crippen LogP contribution in [0.5, 0.6) is 11.5 Å². The molecule has 0 fully saturated rings. The van der Waals surface area contributed by atoms with Crippen LogP contribution in [0.15, 0.2) is 40.9 Å². The predicted octanol–water partition coefficient (Wildman–Crippen LogP) is 6.70. The molecule has 2 aromatic carbocycles. The maximum Gasteiger partial charge on any atom is 0.165 e. The molecule has 0 atom stereocenters. The second-order valence-electron chi connectivity index (χ2n) is 5.93. The summed E-state index contributed by atoms with van der Waals surface area (Å²) < 4.78 is 20.5. The van der Waals surface area contributed by atoms with Gasteiger partial charge in [-0.1, -0.05) is 61.0 Å². The molecule has 0 amide bonds. The standard InChI is InChI=1S/C20H24BrFO2/c1-2-3-4-5-6-7-12-24-20-11-8-15(13-19(20)22)17-10-9-16(23)14-18(17)21/h8-11,13-14,23H,2-7,12H2,1H3. The third-order valence-corrected chi connectivity index (χ3v) is 4.61. The van der Waals surface area contributed by atoms with Crippen molar-refractivity contribution in [2.45, 2.75) is 45.4 Å². The summed E-state index contributed by atoms with van der Waals surface area (Å²) >= 11 is 3.39. The lowest BCUT2D eigenvalue weighted by atomic mass is 10.1. The molecule has 0 aliphatic rings. The van der Waals surface area contributed by atoms with Gasteiger partial charge in [0.25, 0.3) is 0 Å². The zero-order chi connectivity index (χ0) is 17.4. The SMILES string of the molecule is CCCCCCCCOc1ccc(-c2ccc(O)cc2Br)cc1F. The Kier molecular flexibility index (Phi) is 7.57. The van der Waals surface area contributed by atoms with Crippen LogP contribution in [0.4, 0.5) is 4.39 Å². The molecule has 0 aromatic heterocycles. The van der Waals surface area contributed by atoms with Gasteiger partial charge in [0, 0.05) is 4.47 Å². The van der Waals surface area contributed by atoms with E-state index in [1.165, 1.54) is 31.7 Å². The van der Waals surface area contributed by atoms with Gasteiger partial charge < -0.3 is 9.84 Å². The molecule has 2 nitrogen and oxygen atoms in total. The lowest BCUT2D eigenvalue weighted by Gasteiger charge is -2.10. The molecule has 2 aromatic rings. The predicted molar refractivity (Wildman–Crippen MR) is 100 cm³/mol. The van der Waals surface area contributed by atoms with Crippen molar-refractivity contribution in [3.8, 4) is 22.6 Å². The molecule has 0 heterocycles. The molecule has 4 heteroatoms. The number of benzene rings is 2. The molecular weight excluding hydrogens is 371 g/mol. The van der Waals surface area contributed by atoms with E-state index in [2.05, 4.69) is 22.9 Å². The Labute approximate surface area is 151 Å². The van der Waals surface area contributed by atoms with Crippen LogP contribution in [0, 0.1) is 5.82 Å². The van der Waals surface area contributed by atoms with Crippen LogP contribution < -0.4 is 4.74 Å². The summed E-state index contributed by atoms with van der Waals surface area (Å²) in [6.07, 6.45) is 7.08. The Bertz CT molecular complexity index is 658. The molecule has 2 rings (SSSR count). The van der Waals surface area contributed by atoms with Crippen molar-refractivity contribution >= 4 is 15.9 Å². The van der Waals surface area contributed by atoms with Crippen LogP contribution in [-0.4, -0.2) is 11.7 Å². The topological polar surface area (TPSA) is 29.5 Å². The Balaban J connectivity index is 1.90. The van der Waals surface area contributed by atoms with E-state index in [1.807, 2.05) is 6.07 Å². The number of hydrogen-bond acceptors (Lipinski definition) is 2. The van der Waals surface area contributed by atoms with Gasteiger partial charge in [-0.3, -0.25) is 0 Å². The lowest BCUT2D eigenvalue weighted by Crippen LogP contribution is -1.99. The molecule has 0 saturated carbocycles. The van der Waals surface area contributed by atoms with Crippen molar-refractivity contribution in [2.75, 3.05) is 6.61 Å². The number of aromatic hydroxyl groups is 1. The zero-order valence-corrected chi connectivity index (χ0v) is 15.6. The first-order chi connectivity index (χ1) is 11.6. The van der Waals surface area contributed by atoms with Crippen LogP contribution in [0.1, 0.15) is 45.4 Å². The van der Waals surface area contributed by atoms with Gasteiger partial charge in [0.1, 0.15) is 5.75 Å². The van der Waals surface area contributed by atoms with Crippen molar-refractivity contribution in [3.05, 3.63) is 46.7 Å². The third-order valence-electron chi connectivity index (χ3n) is 3.95.